The average molecular weight is 334 g/mol. The lowest BCUT2D eigenvalue weighted by Gasteiger charge is -2.05. The molecule has 1 heterocycles. The second kappa shape index (κ2) is 7.01. The van der Waals surface area contributed by atoms with Crippen molar-refractivity contribution in [2.75, 3.05) is 0 Å². The van der Waals surface area contributed by atoms with Gasteiger partial charge >= 0.3 is 0 Å². The minimum absolute atomic E-state index is 0.308. The summed E-state index contributed by atoms with van der Waals surface area (Å²) in [5, 5.41) is 11.4. The lowest BCUT2D eigenvalue weighted by molar-refractivity contribution is 0.0979. The van der Waals surface area contributed by atoms with Crippen LogP contribution in [0.15, 0.2) is 71.6 Å². The Morgan fingerprint density at radius 3 is 2.75 bits per heavy atom. The largest absolute Gasteiger partial charge is 0.292 e. The number of halogens is 1. The molecule has 1 unspecified atom stereocenters. The van der Waals surface area contributed by atoms with Crippen molar-refractivity contribution >= 4 is 22.7 Å². The van der Waals surface area contributed by atoms with Crippen LogP contribution in [0.3, 0.4) is 0 Å². The zero-order valence-electron chi connectivity index (χ0n) is 12.4. The number of allylic oxidation sites excluding steroid dienone is 5. The monoisotopic (exact) mass is 334 g/mol. The van der Waals surface area contributed by atoms with Crippen molar-refractivity contribution in [1.82, 2.24) is 4.98 Å². The van der Waals surface area contributed by atoms with Crippen molar-refractivity contribution in [3.8, 4) is 6.07 Å². The third-order valence-corrected chi connectivity index (χ3v) is 4.33. The fraction of sp³-hybridized carbons (Fsp3) is 0.0526. The number of thiazole rings is 1. The van der Waals surface area contributed by atoms with Crippen LogP contribution in [0.2, 0.25) is 0 Å². The van der Waals surface area contributed by atoms with Crippen LogP contribution in [0.5, 0.6) is 0 Å². The smallest absolute Gasteiger partial charge is 0.186 e. The molecule has 1 aliphatic rings. The second-order valence-corrected chi connectivity index (χ2v) is 5.85. The van der Waals surface area contributed by atoms with E-state index in [1.165, 1.54) is 23.5 Å². The number of nitriles is 1. The highest BCUT2D eigenvalue weighted by atomic mass is 32.1. The fourth-order valence-corrected chi connectivity index (χ4v) is 3.08. The summed E-state index contributed by atoms with van der Waals surface area (Å²) in [7, 11) is 0. The van der Waals surface area contributed by atoms with E-state index < -0.39 is 11.7 Å². The molecule has 1 atom stereocenters. The van der Waals surface area contributed by atoms with E-state index in [1.54, 1.807) is 47.9 Å². The van der Waals surface area contributed by atoms with Crippen LogP contribution >= 0.6 is 11.3 Å². The quantitative estimate of drug-likeness (QED) is 0.607. The van der Waals surface area contributed by atoms with Gasteiger partial charge in [-0.15, -0.1) is 17.1 Å². The molecule has 3 rings (SSSR count). The van der Waals surface area contributed by atoms with Crippen molar-refractivity contribution < 1.29 is 9.18 Å². The zero-order valence-corrected chi connectivity index (χ0v) is 13.3. The molecule has 2 aromatic rings. The van der Waals surface area contributed by atoms with Crippen molar-refractivity contribution in [3.63, 3.8) is 0 Å². The normalized spacial score (nSPS) is 14.3. The average Bonchev–Trinajstić information content (AvgIpc) is 2.98. The number of hydrogen-bond donors (Lipinski definition) is 0. The summed E-state index contributed by atoms with van der Waals surface area (Å²) in [6.45, 7) is 0. The molecule has 0 amide bonds. The van der Waals surface area contributed by atoms with Crippen LogP contribution in [-0.2, 0) is 0 Å². The van der Waals surface area contributed by atoms with Gasteiger partial charge in [-0.2, -0.15) is 5.26 Å². The molecule has 1 aromatic carbocycles. The summed E-state index contributed by atoms with van der Waals surface area (Å²) in [6, 6.07) is 10.6. The zero-order chi connectivity index (χ0) is 16.9. The van der Waals surface area contributed by atoms with Gasteiger partial charge in [0.05, 0.1) is 11.8 Å². The van der Waals surface area contributed by atoms with Gasteiger partial charge in [0.1, 0.15) is 10.8 Å². The highest BCUT2D eigenvalue weighted by Crippen LogP contribution is 2.30. The third-order valence-electron chi connectivity index (χ3n) is 3.42. The van der Waals surface area contributed by atoms with Crippen LogP contribution in [0.4, 0.5) is 4.39 Å². The maximum absolute atomic E-state index is 14.0. The van der Waals surface area contributed by atoms with E-state index >= 15 is 0 Å². The van der Waals surface area contributed by atoms with Gasteiger partial charge < -0.3 is 0 Å². The van der Waals surface area contributed by atoms with Gasteiger partial charge in [0.2, 0.25) is 0 Å². The number of carbonyl (C=O) groups excluding carboxylic acids is 1. The number of ketones is 1. The van der Waals surface area contributed by atoms with E-state index in [0.717, 1.165) is 0 Å². The van der Waals surface area contributed by atoms with Gasteiger partial charge in [0, 0.05) is 16.5 Å². The fourth-order valence-electron chi connectivity index (χ4n) is 2.22. The molecule has 116 valence electrons. The minimum Gasteiger partial charge on any atom is -0.292 e. The van der Waals surface area contributed by atoms with Gasteiger partial charge in [0.25, 0.3) is 0 Å². The van der Waals surface area contributed by atoms with Crippen LogP contribution in [0, 0.1) is 11.3 Å². The highest BCUT2D eigenvalue weighted by molar-refractivity contribution is 7.10. The summed E-state index contributed by atoms with van der Waals surface area (Å²) in [4.78, 5) is 16.8. The molecule has 24 heavy (non-hydrogen) atoms. The molecular formula is C19H11FN2OS. The van der Waals surface area contributed by atoms with E-state index in [9.17, 15) is 14.4 Å². The highest BCUT2D eigenvalue weighted by Gasteiger charge is 2.25. The van der Waals surface area contributed by atoms with Crippen LogP contribution in [0.25, 0.3) is 5.57 Å². The molecule has 1 aromatic heterocycles. The number of nitrogens with zero attached hydrogens (tertiary/aromatic N) is 2. The Morgan fingerprint density at radius 1 is 1.25 bits per heavy atom. The molecule has 0 fully saturated rings. The Bertz CT molecular complexity index is 941. The van der Waals surface area contributed by atoms with Crippen LogP contribution in [0.1, 0.15) is 27.0 Å². The first-order chi connectivity index (χ1) is 11.7. The van der Waals surface area contributed by atoms with Crippen molar-refractivity contribution in [3.05, 3.63) is 87.8 Å². The predicted octanol–water partition coefficient (Wildman–Crippen LogP) is 4.59. The van der Waals surface area contributed by atoms with Crippen LogP contribution in [-0.4, -0.2) is 10.8 Å². The van der Waals surface area contributed by atoms with Crippen molar-refractivity contribution in [1.29, 1.82) is 5.26 Å². The number of hydrogen-bond acceptors (Lipinski definition) is 4. The minimum atomic E-state index is -1.00. The lowest BCUT2D eigenvalue weighted by Crippen LogP contribution is -2.11. The molecule has 3 nitrogen and oxygen atoms in total. The third kappa shape index (κ3) is 3.16. The molecule has 1 aliphatic carbocycles. The second-order valence-electron chi connectivity index (χ2n) is 4.96. The van der Waals surface area contributed by atoms with E-state index in [4.69, 9.17) is 0 Å². The Morgan fingerprint density at radius 2 is 2.00 bits per heavy atom. The van der Waals surface area contributed by atoms with E-state index in [-0.39, 0.29) is 5.78 Å². The molecule has 0 saturated heterocycles. The first-order valence-corrected chi connectivity index (χ1v) is 8.02. The Kier molecular flexibility index (Phi) is 4.62. The molecule has 0 saturated carbocycles. The van der Waals surface area contributed by atoms with E-state index in [1.807, 2.05) is 6.07 Å². The number of aromatic nitrogens is 1. The summed E-state index contributed by atoms with van der Waals surface area (Å²) in [6.07, 6.45) is 5.93. The van der Waals surface area contributed by atoms with Gasteiger partial charge in [-0.05, 0) is 24.3 Å². The SMILES string of the molecule is N#CC(C(=O)c1ccccc1)c1nc(C2=CC=C=CC=C2F)cs1. The lowest BCUT2D eigenvalue weighted by atomic mass is 9.99. The Hall–Kier alpha value is -3.06. The van der Waals surface area contributed by atoms with E-state index in [0.29, 0.717) is 21.8 Å². The molecule has 0 aliphatic heterocycles. The standard InChI is InChI=1S/C19H11FN2OS/c20-16-10-6-2-5-9-14(16)17-12-24-19(22-17)15(11-21)18(23)13-7-3-1-4-8-13/h1,3-10,12,15H. The summed E-state index contributed by atoms with van der Waals surface area (Å²) in [5.41, 5.74) is 3.94. The first kappa shape index (κ1) is 15.8. The maximum Gasteiger partial charge on any atom is 0.186 e. The van der Waals surface area contributed by atoms with Crippen LogP contribution < -0.4 is 0 Å². The predicted molar refractivity (Wildman–Crippen MR) is 91.1 cm³/mol. The molecule has 0 spiro atoms. The summed E-state index contributed by atoms with van der Waals surface area (Å²) >= 11 is 1.17. The number of rotatable bonds is 4. The maximum atomic E-state index is 14.0. The Labute approximate surface area is 142 Å². The van der Waals surface area contributed by atoms with Crippen molar-refractivity contribution in [2.45, 2.75) is 5.92 Å². The number of benzene rings is 1. The topological polar surface area (TPSA) is 53.8 Å². The molecular weight excluding hydrogens is 323 g/mol. The Balaban J connectivity index is 1.92. The summed E-state index contributed by atoms with van der Waals surface area (Å²) < 4.78 is 14.0. The number of Topliss-reactive ketones (excluding diaryl/α,β-unsaturated/α-hetero) is 1. The number of carbonyl (C=O) groups is 1. The van der Waals surface area contributed by atoms with Gasteiger partial charge in [0.15, 0.2) is 11.7 Å². The first-order valence-electron chi connectivity index (χ1n) is 7.14. The molecule has 5 heteroatoms. The van der Waals surface area contributed by atoms with Gasteiger partial charge in [-0.3, -0.25) is 4.79 Å². The van der Waals surface area contributed by atoms with Crippen molar-refractivity contribution in [2.24, 2.45) is 0 Å². The molecule has 0 N–H and O–H groups in total. The van der Waals surface area contributed by atoms with Gasteiger partial charge in [-0.25, -0.2) is 9.37 Å². The van der Waals surface area contributed by atoms with Gasteiger partial charge in [-0.1, -0.05) is 30.3 Å². The summed E-state index contributed by atoms with van der Waals surface area (Å²) in [5.74, 6) is -1.75. The van der Waals surface area contributed by atoms with E-state index in [2.05, 4.69) is 10.7 Å². The molecule has 0 radical (unpaired) electrons. The molecule has 0 bridgehead atoms.